The van der Waals surface area contributed by atoms with E-state index in [-0.39, 0.29) is 17.6 Å². The number of aromatic amines is 1. The van der Waals surface area contributed by atoms with Gasteiger partial charge in [-0.3, -0.25) is 14.7 Å². The molecule has 32 heavy (non-hydrogen) atoms. The number of thiophene rings is 1. The largest absolute Gasteiger partial charge is 0.497 e. The Kier molecular flexibility index (Phi) is 6.83. The standard InChI is InChI=1S/C22H19N5O3S2/c1-30-17-10-8-16(9-11-17)24-21(29)14-4-6-15(7-5-14)23-19(28)13-32-22-25-20(26-27-22)18-3-2-12-31-18/h2-12H,13H2,1H3,(H,23,28)(H,24,29)(H,25,26,27). The lowest BCUT2D eigenvalue weighted by Gasteiger charge is -2.08. The van der Waals surface area contributed by atoms with Gasteiger partial charge in [0.15, 0.2) is 5.82 Å². The Morgan fingerprint density at radius 1 is 1.03 bits per heavy atom. The fourth-order valence-corrected chi connectivity index (χ4v) is 4.01. The molecule has 0 bridgehead atoms. The van der Waals surface area contributed by atoms with Crippen molar-refractivity contribution < 1.29 is 14.3 Å². The fourth-order valence-electron chi connectivity index (χ4n) is 2.74. The second-order valence-electron chi connectivity index (χ2n) is 6.54. The summed E-state index contributed by atoms with van der Waals surface area (Å²) >= 11 is 2.81. The Labute approximate surface area is 192 Å². The zero-order valence-corrected chi connectivity index (χ0v) is 18.6. The number of hydrogen-bond donors (Lipinski definition) is 3. The van der Waals surface area contributed by atoms with Crippen LogP contribution in [0.25, 0.3) is 10.7 Å². The van der Waals surface area contributed by atoms with Crippen LogP contribution in [0.4, 0.5) is 11.4 Å². The number of ether oxygens (including phenoxy) is 1. The van der Waals surface area contributed by atoms with Crippen molar-refractivity contribution in [3.8, 4) is 16.5 Å². The van der Waals surface area contributed by atoms with Gasteiger partial charge in [-0.1, -0.05) is 17.8 Å². The molecule has 0 aliphatic rings. The van der Waals surface area contributed by atoms with E-state index in [4.69, 9.17) is 4.74 Å². The van der Waals surface area contributed by atoms with Gasteiger partial charge in [0.1, 0.15) is 5.75 Å². The maximum absolute atomic E-state index is 12.4. The first-order valence-electron chi connectivity index (χ1n) is 9.55. The summed E-state index contributed by atoms with van der Waals surface area (Å²) in [5.74, 6) is 1.14. The minimum Gasteiger partial charge on any atom is -0.497 e. The Hall–Kier alpha value is -3.63. The van der Waals surface area contributed by atoms with E-state index >= 15 is 0 Å². The molecule has 0 radical (unpaired) electrons. The quantitative estimate of drug-likeness (QED) is 0.330. The number of anilines is 2. The van der Waals surface area contributed by atoms with Crippen molar-refractivity contribution in [3.05, 3.63) is 71.6 Å². The van der Waals surface area contributed by atoms with E-state index in [0.717, 1.165) is 4.88 Å². The molecule has 2 amide bonds. The summed E-state index contributed by atoms with van der Waals surface area (Å²) in [6.45, 7) is 0. The van der Waals surface area contributed by atoms with Crippen LogP contribution >= 0.6 is 23.1 Å². The Morgan fingerprint density at radius 3 is 2.44 bits per heavy atom. The highest BCUT2D eigenvalue weighted by molar-refractivity contribution is 7.99. The molecule has 2 aromatic carbocycles. The summed E-state index contributed by atoms with van der Waals surface area (Å²) in [6, 6.07) is 17.7. The Balaban J connectivity index is 1.27. The number of nitrogens with zero attached hydrogens (tertiary/aromatic N) is 2. The predicted molar refractivity (Wildman–Crippen MR) is 126 cm³/mol. The molecule has 10 heteroatoms. The van der Waals surface area contributed by atoms with Crippen molar-refractivity contribution in [2.24, 2.45) is 0 Å². The minimum atomic E-state index is -0.241. The van der Waals surface area contributed by atoms with E-state index < -0.39 is 0 Å². The normalized spacial score (nSPS) is 10.5. The van der Waals surface area contributed by atoms with Crippen LogP contribution in [0.3, 0.4) is 0 Å². The molecule has 2 aromatic heterocycles. The van der Waals surface area contributed by atoms with Crippen molar-refractivity contribution in [3.63, 3.8) is 0 Å². The van der Waals surface area contributed by atoms with E-state index in [9.17, 15) is 9.59 Å². The maximum atomic E-state index is 12.4. The molecule has 0 aliphatic carbocycles. The van der Waals surface area contributed by atoms with Gasteiger partial charge < -0.3 is 15.4 Å². The number of thioether (sulfide) groups is 1. The average molecular weight is 466 g/mol. The number of benzene rings is 2. The van der Waals surface area contributed by atoms with Crippen LogP contribution in [0, 0.1) is 0 Å². The third-order valence-corrected chi connectivity index (χ3v) is 6.05. The molecule has 0 atom stereocenters. The van der Waals surface area contributed by atoms with Gasteiger partial charge in [0, 0.05) is 16.9 Å². The molecule has 0 aliphatic heterocycles. The number of methoxy groups -OCH3 is 1. The van der Waals surface area contributed by atoms with Gasteiger partial charge in [0.05, 0.1) is 17.7 Å². The van der Waals surface area contributed by atoms with Gasteiger partial charge in [-0.25, -0.2) is 4.98 Å². The van der Waals surface area contributed by atoms with E-state index in [1.54, 1.807) is 67.0 Å². The highest BCUT2D eigenvalue weighted by Gasteiger charge is 2.11. The van der Waals surface area contributed by atoms with E-state index in [1.165, 1.54) is 11.8 Å². The molecule has 0 saturated carbocycles. The Morgan fingerprint density at radius 2 is 1.75 bits per heavy atom. The summed E-state index contributed by atoms with van der Waals surface area (Å²) in [4.78, 5) is 30.0. The molecule has 4 rings (SSSR count). The van der Waals surface area contributed by atoms with Gasteiger partial charge in [0.2, 0.25) is 11.1 Å². The summed E-state index contributed by atoms with van der Waals surface area (Å²) in [5.41, 5.74) is 1.75. The topological polar surface area (TPSA) is 109 Å². The highest BCUT2D eigenvalue weighted by Crippen LogP contribution is 2.23. The number of H-pyrrole nitrogens is 1. The molecule has 162 valence electrons. The summed E-state index contributed by atoms with van der Waals surface area (Å²) in [5, 5.41) is 15.1. The van der Waals surface area contributed by atoms with Gasteiger partial charge in [-0.15, -0.1) is 16.4 Å². The van der Waals surface area contributed by atoms with Crippen molar-refractivity contribution in [2.45, 2.75) is 5.16 Å². The summed E-state index contributed by atoms with van der Waals surface area (Å²) in [6.07, 6.45) is 0. The molecular weight excluding hydrogens is 446 g/mol. The highest BCUT2D eigenvalue weighted by atomic mass is 32.2. The first-order chi connectivity index (χ1) is 15.6. The zero-order chi connectivity index (χ0) is 22.3. The summed E-state index contributed by atoms with van der Waals surface area (Å²) in [7, 11) is 1.59. The number of amides is 2. The molecular formula is C22H19N5O3S2. The SMILES string of the molecule is COc1ccc(NC(=O)c2ccc(NC(=O)CSc3n[nH]c(-c4cccs4)n3)cc2)cc1. The molecule has 0 saturated heterocycles. The third-order valence-electron chi connectivity index (χ3n) is 4.33. The van der Waals surface area contributed by atoms with E-state index in [0.29, 0.717) is 33.7 Å². The first kappa shape index (κ1) is 21.6. The maximum Gasteiger partial charge on any atom is 0.255 e. The molecule has 3 N–H and O–H groups in total. The molecule has 0 spiro atoms. The van der Waals surface area contributed by atoms with Gasteiger partial charge >= 0.3 is 0 Å². The van der Waals surface area contributed by atoms with Crippen LogP contribution < -0.4 is 15.4 Å². The molecule has 2 heterocycles. The van der Waals surface area contributed by atoms with Crippen molar-refractivity contribution in [1.82, 2.24) is 15.2 Å². The van der Waals surface area contributed by atoms with Crippen LogP contribution in [-0.4, -0.2) is 39.9 Å². The molecule has 0 fully saturated rings. The van der Waals surface area contributed by atoms with E-state index in [1.807, 2.05) is 17.5 Å². The van der Waals surface area contributed by atoms with Crippen molar-refractivity contribution >= 4 is 46.3 Å². The van der Waals surface area contributed by atoms with Gasteiger partial charge in [-0.05, 0) is 60.0 Å². The second kappa shape index (κ2) is 10.1. The van der Waals surface area contributed by atoms with Crippen LogP contribution in [0.2, 0.25) is 0 Å². The number of aromatic nitrogens is 3. The number of carbonyl (C=O) groups excluding carboxylic acids is 2. The van der Waals surface area contributed by atoms with Crippen LogP contribution in [-0.2, 0) is 4.79 Å². The molecule has 4 aromatic rings. The van der Waals surface area contributed by atoms with Crippen molar-refractivity contribution in [1.29, 1.82) is 0 Å². The lowest BCUT2D eigenvalue weighted by atomic mass is 10.2. The average Bonchev–Trinajstić information content (AvgIpc) is 3.51. The predicted octanol–water partition coefficient (Wildman–Crippen LogP) is 4.52. The second-order valence-corrected chi connectivity index (χ2v) is 8.43. The van der Waals surface area contributed by atoms with Crippen LogP contribution in [0.15, 0.2) is 71.2 Å². The lowest BCUT2D eigenvalue weighted by Crippen LogP contribution is -2.15. The number of hydrogen-bond acceptors (Lipinski definition) is 7. The molecule has 0 unspecified atom stereocenters. The Bertz CT molecular complexity index is 1190. The third kappa shape index (κ3) is 5.54. The summed E-state index contributed by atoms with van der Waals surface area (Å²) < 4.78 is 5.11. The number of carbonyl (C=O) groups is 2. The smallest absolute Gasteiger partial charge is 0.255 e. The zero-order valence-electron chi connectivity index (χ0n) is 17.0. The van der Waals surface area contributed by atoms with E-state index in [2.05, 4.69) is 25.8 Å². The van der Waals surface area contributed by atoms with Gasteiger partial charge in [0.25, 0.3) is 5.91 Å². The minimum absolute atomic E-state index is 0.168. The number of nitrogens with one attached hydrogen (secondary N) is 3. The van der Waals surface area contributed by atoms with Crippen LogP contribution in [0.1, 0.15) is 10.4 Å². The monoisotopic (exact) mass is 465 g/mol. The van der Waals surface area contributed by atoms with Crippen LogP contribution in [0.5, 0.6) is 5.75 Å². The lowest BCUT2D eigenvalue weighted by molar-refractivity contribution is -0.113. The van der Waals surface area contributed by atoms with Crippen molar-refractivity contribution in [2.75, 3.05) is 23.5 Å². The number of rotatable bonds is 8. The van der Waals surface area contributed by atoms with Gasteiger partial charge in [-0.2, -0.15) is 0 Å². The fraction of sp³-hybridized carbons (Fsp3) is 0.0909. The first-order valence-corrected chi connectivity index (χ1v) is 11.4. The molecule has 8 nitrogen and oxygen atoms in total.